The van der Waals surface area contributed by atoms with Crippen LogP contribution in [0.25, 0.3) is 0 Å². The first-order chi connectivity index (χ1) is 11.0. The lowest BCUT2D eigenvalue weighted by Gasteiger charge is -2.16. The lowest BCUT2D eigenvalue weighted by atomic mass is 10.2. The molecule has 0 amide bonds. The zero-order valence-corrected chi connectivity index (χ0v) is 13.0. The molecule has 0 aliphatic rings. The van der Waals surface area contributed by atoms with Gasteiger partial charge in [0.25, 0.3) is 0 Å². The Kier molecular flexibility index (Phi) is 5.36. The van der Waals surface area contributed by atoms with Gasteiger partial charge in [-0.1, -0.05) is 30.7 Å². The largest absolute Gasteiger partial charge is 0.479 e. The van der Waals surface area contributed by atoms with Gasteiger partial charge in [0.2, 0.25) is 0 Å². The number of rotatable bonds is 6. The van der Waals surface area contributed by atoms with Crippen molar-refractivity contribution in [1.29, 1.82) is 0 Å². The molecule has 2 aromatic carbocycles. The molecular weight excluding hydrogens is 296 g/mol. The van der Waals surface area contributed by atoms with Gasteiger partial charge in [0.1, 0.15) is 11.5 Å². The molecule has 0 spiro atoms. The molecule has 0 aliphatic carbocycles. The maximum Gasteiger partial charge on any atom is 0.352 e. The van der Waals surface area contributed by atoms with Crippen LogP contribution in [-0.4, -0.2) is 23.1 Å². The quantitative estimate of drug-likeness (QED) is 0.653. The first kappa shape index (κ1) is 16.5. The topological polar surface area (TPSA) is 72.8 Å². The average molecular weight is 314 g/mol. The Hall–Kier alpha value is -2.82. The molecule has 5 nitrogen and oxygen atoms in total. The predicted molar refractivity (Wildman–Crippen MR) is 84.9 cm³/mol. The van der Waals surface area contributed by atoms with Crippen molar-refractivity contribution in [1.82, 2.24) is 0 Å². The molecule has 0 radical (unpaired) electrons. The number of esters is 1. The van der Waals surface area contributed by atoms with Crippen LogP contribution in [0.5, 0.6) is 11.5 Å². The second-order valence-electron chi connectivity index (χ2n) is 5.08. The molecule has 0 aromatic heterocycles. The first-order valence-corrected chi connectivity index (χ1v) is 7.28. The summed E-state index contributed by atoms with van der Waals surface area (Å²) in [6, 6.07) is 13.1. The van der Waals surface area contributed by atoms with Gasteiger partial charge in [-0.15, -0.1) is 0 Å². The van der Waals surface area contributed by atoms with Crippen LogP contribution in [-0.2, 0) is 4.79 Å². The van der Waals surface area contributed by atoms with Crippen LogP contribution < -0.4 is 9.47 Å². The molecular formula is C18H18O5. The number of carboxylic acid groups (broad SMARTS) is 1. The number of benzene rings is 2. The highest BCUT2D eigenvalue weighted by Crippen LogP contribution is 2.18. The fourth-order valence-corrected chi connectivity index (χ4v) is 1.95. The van der Waals surface area contributed by atoms with Crippen molar-refractivity contribution in [3.05, 3.63) is 59.7 Å². The third kappa shape index (κ3) is 4.57. The Bertz CT molecular complexity index is 691. The van der Waals surface area contributed by atoms with Gasteiger partial charge < -0.3 is 14.6 Å². The average Bonchev–Trinajstić information content (AvgIpc) is 2.54. The van der Waals surface area contributed by atoms with Crippen molar-refractivity contribution in [2.45, 2.75) is 26.4 Å². The van der Waals surface area contributed by atoms with Gasteiger partial charge >= 0.3 is 11.9 Å². The molecule has 0 fully saturated rings. The molecule has 0 saturated carbocycles. The van der Waals surface area contributed by atoms with Crippen LogP contribution in [0.3, 0.4) is 0 Å². The highest BCUT2D eigenvalue weighted by molar-refractivity contribution is 5.88. The summed E-state index contributed by atoms with van der Waals surface area (Å²) in [7, 11) is 0. The number of carbonyl (C=O) groups is 2. The normalized spacial score (nSPS) is 11.6. The Morgan fingerprint density at radius 1 is 1.09 bits per heavy atom. The minimum absolute atomic E-state index is 0.0581. The van der Waals surface area contributed by atoms with Crippen LogP contribution in [0.4, 0.5) is 0 Å². The van der Waals surface area contributed by atoms with E-state index in [0.717, 1.165) is 5.56 Å². The Morgan fingerprint density at radius 3 is 2.39 bits per heavy atom. The monoisotopic (exact) mass is 314 g/mol. The van der Waals surface area contributed by atoms with Crippen LogP contribution in [0, 0.1) is 6.92 Å². The number of ether oxygens (including phenoxy) is 2. The molecule has 0 saturated heterocycles. The van der Waals surface area contributed by atoms with Crippen LogP contribution >= 0.6 is 0 Å². The maximum atomic E-state index is 12.2. The Labute approximate surface area is 134 Å². The third-order valence-corrected chi connectivity index (χ3v) is 3.23. The van der Waals surface area contributed by atoms with E-state index in [4.69, 9.17) is 14.6 Å². The summed E-state index contributed by atoms with van der Waals surface area (Å²) in [6.07, 6.45) is -0.322. The molecule has 5 heteroatoms. The van der Waals surface area contributed by atoms with Crippen molar-refractivity contribution >= 4 is 11.9 Å². The van der Waals surface area contributed by atoms with Gasteiger partial charge in [0.05, 0.1) is 5.56 Å². The summed E-state index contributed by atoms with van der Waals surface area (Å²) in [5, 5.41) is 8.95. The minimum Gasteiger partial charge on any atom is -0.479 e. The Balaban J connectivity index is 2.06. The smallest absolute Gasteiger partial charge is 0.352 e. The molecule has 23 heavy (non-hydrogen) atoms. The first-order valence-electron chi connectivity index (χ1n) is 7.28. The SMILES string of the molecule is CCC(Oc1ccc(C)cc1)C(=O)Oc1cccc(C(=O)O)c1. The van der Waals surface area contributed by atoms with Crippen LogP contribution in [0.1, 0.15) is 29.3 Å². The van der Waals surface area contributed by atoms with E-state index in [0.29, 0.717) is 12.2 Å². The number of hydrogen-bond donors (Lipinski definition) is 1. The van der Waals surface area contributed by atoms with E-state index in [-0.39, 0.29) is 11.3 Å². The summed E-state index contributed by atoms with van der Waals surface area (Å²) in [5.74, 6) is -0.874. The van der Waals surface area contributed by atoms with Crippen LogP contribution in [0.2, 0.25) is 0 Å². The van der Waals surface area contributed by atoms with E-state index in [9.17, 15) is 9.59 Å². The molecule has 2 rings (SSSR count). The summed E-state index contributed by atoms with van der Waals surface area (Å²) in [6.45, 7) is 3.78. The van der Waals surface area contributed by atoms with Gasteiger partial charge in [-0.05, 0) is 43.7 Å². The molecule has 0 heterocycles. The van der Waals surface area contributed by atoms with Crippen molar-refractivity contribution in [2.24, 2.45) is 0 Å². The predicted octanol–water partition coefficient (Wildman–Crippen LogP) is 3.46. The van der Waals surface area contributed by atoms with Crippen molar-refractivity contribution < 1.29 is 24.2 Å². The van der Waals surface area contributed by atoms with E-state index in [2.05, 4.69) is 0 Å². The van der Waals surface area contributed by atoms with E-state index in [1.54, 1.807) is 12.1 Å². The molecule has 1 atom stereocenters. The zero-order chi connectivity index (χ0) is 16.8. The van der Waals surface area contributed by atoms with Crippen molar-refractivity contribution in [3.63, 3.8) is 0 Å². The maximum absolute atomic E-state index is 12.2. The number of carboxylic acids is 1. The lowest BCUT2D eigenvalue weighted by Crippen LogP contribution is -2.30. The number of aromatic carboxylic acids is 1. The number of hydrogen-bond acceptors (Lipinski definition) is 4. The Morgan fingerprint density at radius 2 is 1.78 bits per heavy atom. The summed E-state index contributed by atoms with van der Waals surface area (Å²) in [5.41, 5.74) is 1.15. The molecule has 0 bridgehead atoms. The second kappa shape index (κ2) is 7.45. The molecule has 2 aromatic rings. The van der Waals surface area contributed by atoms with E-state index in [1.165, 1.54) is 24.3 Å². The molecule has 120 valence electrons. The highest BCUT2D eigenvalue weighted by Gasteiger charge is 2.21. The number of carbonyl (C=O) groups excluding carboxylic acids is 1. The summed E-state index contributed by atoms with van der Waals surface area (Å²) < 4.78 is 10.9. The second-order valence-corrected chi connectivity index (χ2v) is 5.08. The molecule has 0 aliphatic heterocycles. The molecule has 1 unspecified atom stereocenters. The van der Waals surface area contributed by atoms with Gasteiger partial charge in [-0.25, -0.2) is 9.59 Å². The van der Waals surface area contributed by atoms with Crippen LogP contribution in [0.15, 0.2) is 48.5 Å². The summed E-state index contributed by atoms with van der Waals surface area (Å²) >= 11 is 0. The fourth-order valence-electron chi connectivity index (χ4n) is 1.95. The van der Waals surface area contributed by atoms with Gasteiger partial charge in [0.15, 0.2) is 6.10 Å². The zero-order valence-electron chi connectivity index (χ0n) is 13.0. The molecule has 1 N–H and O–H groups in total. The summed E-state index contributed by atoms with van der Waals surface area (Å²) in [4.78, 5) is 23.1. The standard InChI is InChI=1S/C18H18O5/c1-3-16(22-14-9-7-12(2)8-10-14)18(21)23-15-6-4-5-13(11-15)17(19)20/h4-11,16H,3H2,1-2H3,(H,19,20). The van der Waals surface area contributed by atoms with E-state index < -0.39 is 18.0 Å². The fraction of sp³-hybridized carbons (Fsp3) is 0.222. The highest BCUT2D eigenvalue weighted by atomic mass is 16.6. The number of aryl methyl sites for hydroxylation is 1. The third-order valence-electron chi connectivity index (χ3n) is 3.23. The van der Waals surface area contributed by atoms with Gasteiger partial charge in [-0.2, -0.15) is 0 Å². The van der Waals surface area contributed by atoms with Crippen molar-refractivity contribution in [2.75, 3.05) is 0 Å². The van der Waals surface area contributed by atoms with Gasteiger partial charge in [-0.3, -0.25) is 0 Å². The minimum atomic E-state index is -1.08. The van der Waals surface area contributed by atoms with Gasteiger partial charge in [0, 0.05) is 0 Å². The van der Waals surface area contributed by atoms with E-state index in [1.807, 2.05) is 26.0 Å². The van der Waals surface area contributed by atoms with Crippen molar-refractivity contribution in [3.8, 4) is 11.5 Å². The van der Waals surface area contributed by atoms with E-state index >= 15 is 0 Å². The lowest BCUT2D eigenvalue weighted by molar-refractivity contribution is -0.142.